The van der Waals surface area contributed by atoms with Gasteiger partial charge in [-0.25, -0.2) is 0 Å². The minimum absolute atomic E-state index is 0.270. The number of hydrogen-bond donors (Lipinski definition) is 3. The number of phenols is 1. The highest BCUT2D eigenvalue weighted by atomic mass is 79.9. The molecule has 1 aromatic carbocycles. The largest absolute Gasteiger partial charge is 0.507 e. The van der Waals surface area contributed by atoms with Gasteiger partial charge in [0.25, 0.3) is 0 Å². The van der Waals surface area contributed by atoms with Crippen LogP contribution >= 0.6 is 15.9 Å². The first-order valence-corrected chi connectivity index (χ1v) is 6.02. The topological polar surface area (TPSA) is 74.9 Å². The molecule has 2 rings (SSSR count). The number of H-pyrrole nitrogens is 1. The van der Waals surface area contributed by atoms with Crippen LogP contribution in [0.25, 0.3) is 11.3 Å². The number of hydrogen-bond acceptors (Lipinski definition) is 3. The second-order valence-electron chi connectivity index (χ2n) is 4.12. The first-order valence-electron chi connectivity index (χ1n) is 5.23. The second kappa shape index (κ2) is 4.07. The molecule has 5 heteroatoms. The van der Waals surface area contributed by atoms with Crippen LogP contribution in [0.4, 0.5) is 5.82 Å². The van der Waals surface area contributed by atoms with Crippen LogP contribution in [-0.4, -0.2) is 15.3 Å². The van der Waals surface area contributed by atoms with Gasteiger partial charge in [0, 0.05) is 16.1 Å². The van der Waals surface area contributed by atoms with E-state index in [-0.39, 0.29) is 5.75 Å². The van der Waals surface area contributed by atoms with Crippen molar-refractivity contribution in [3.05, 3.63) is 27.2 Å². The normalized spacial score (nSPS) is 10.8. The van der Waals surface area contributed by atoms with Crippen LogP contribution in [0.2, 0.25) is 0 Å². The summed E-state index contributed by atoms with van der Waals surface area (Å²) < 4.78 is 0.996. The number of aromatic nitrogens is 2. The molecule has 0 aliphatic heterocycles. The van der Waals surface area contributed by atoms with E-state index < -0.39 is 0 Å². The fraction of sp³-hybridized carbons (Fsp3) is 0.250. The maximum Gasteiger partial charge on any atom is 0.145 e. The Balaban J connectivity index is 2.78. The summed E-state index contributed by atoms with van der Waals surface area (Å²) in [7, 11) is 0. The summed E-state index contributed by atoms with van der Waals surface area (Å²) in [6.07, 6.45) is 0. The SMILES string of the molecule is Cc1c(C)c(Br)c(C)c(-c2cc(N)n[nH]2)c1O. The Morgan fingerprint density at radius 2 is 1.88 bits per heavy atom. The number of halogens is 1. The fourth-order valence-electron chi connectivity index (χ4n) is 1.89. The molecular formula is C12H14BrN3O. The van der Waals surface area contributed by atoms with Gasteiger partial charge in [0.1, 0.15) is 11.6 Å². The Hall–Kier alpha value is -1.49. The van der Waals surface area contributed by atoms with Crippen molar-refractivity contribution in [3.63, 3.8) is 0 Å². The molecule has 0 saturated heterocycles. The van der Waals surface area contributed by atoms with Gasteiger partial charge in [-0.3, -0.25) is 5.10 Å². The summed E-state index contributed by atoms with van der Waals surface area (Å²) in [5.74, 6) is 0.681. The third-order valence-electron chi connectivity index (χ3n) is 3.05. The van der Waals surface area contributed by atoms with E-state index in [2.05, 4.69) is 26.1 Å². The summed E-state index contributed by atoms with van der Waals surface area (Å²) in [5.41, 5.74) is 9.91. The van der Waals surface area contributed by atoms with Crippen LogP contribution in [0.3, 0.4) is 0 Å². The summed E-state index contributed by atoms with van der Waals surface area (Å²) >= 11 is 3.54. The van der Waals surface area contributed by atoms with E-state index in [9.17, 15) is 5.11 Å². The molecule has 0 amide bonds. The first-order chi connectivity index (χ1) is 7.93. The van der Waals surface area contributed by atoms with Crippen molar-refractivity contribution in [1.82, 2.24) is 10.2 Å². The third-order valence-corrected chi connectivity index (χ3v) is 4.24. The second-order valence-corrected chi connectivity index (χ2v) is 4.91. The highest BCUT2D eigenvalue weighted by molar-refractivity contribution is 9.10. The van der Waals surface area contributed by atoms with Crippen molar-refractivity contribution >= 4 is 21.7 Å². The number of anilines is 1. The van der Waals surface area contributed by atoms with Crippen molar-refractivity contribution in [2.45, 2.75) is 20.8 Å². The van der Waals surface area contributed by atoms with Gasteiger partial charge in [-0.1, -0.05) is 15.9 Å². The highest BCUT2D eigenvalue weighted by Gasteiger charge is 2.18. The molecule has 0 spiro atoms. The van der Waals surface area contributed by atoms with Gasteiger partial charge >= 0.3 is 0 Å². The summed E-state index contributed by atoms with van der Waals surface area (Å²) in [6.45, 7) is 5.80. The van der Waals surface area contributed by atoms with E-state index in [4.69, 9.17) is 5.73 Å². The standard InChI is InChI=1S/C12H14BrN3O/c1-5-6(2)12(17)10(7(3)11(5)13)8-4-9(14)16-15-8/h4,17H,1-3H3,(H3,14,15,16). The predicted octanol–water partition coefficient (Wildman–Crippen LogP) is 3.05. The maximum atomic E-state index is 10.2. The molecule has 17 heavy (non-hydrogen) atoms. The van der Waals surface area contributed by atoms with Crippen LogP contribution in [0.1, 0.15) is 16.7 Å². The fourth-order valence-corrected chi connectivity index (χ4v) is 2.39. The highest BCUT2D eigenvalue weighted by Crippen LogP contribution is 2.40. The van der Waals surface area contributed by atoms with Crippen LogP contribution in [0, 0.1) is 20.8 Å². The Morgan fingerprint density at radius 1 is 1.24 bits per heavy atom. The lowest BCUT2D eigenvalue weighted by Crippen LogP contribution is -1.94. The van der Waals surface area contributed by atoms with Crippen molar-refractivity contribution in [2.24, 2.45) is 0 Å². The molecule has 1 aromatic heterocycles. The Morgan fingerprint density at radius 3 is 2.41 bits per heavy atom. The van der Waals surface area contributed by atoms with E-state index in [1.165, 1.54) is 0 Å². The summed E-state index contributed by atoms with van der Waals surface area (Å²) in [4.78, 5) is 0. The number of aromatic amines is 1. The zero-order chi connectivity index (χ0) is 12.7. The number of nitrogens with one attached hydrogen (secondary N) is 1. The van der Waals surface area contributed by atoms with E-state index in [1.54, 1.807) is 6.07 Å². The van der Waals surface area contributed by atoms with E-state index in [1.807, 2.05) is 20.8 Å². The van der Waals surface area contributed by atoms with Crippen molar-refractivity contribution in [3.8, 4) is 17.0 Å². The van der Waals surface area contributed by atoms with Crippen molar-refractivity contribution in [1.29, 1.82) is 0 Å². The predicted molar refractivity (Wildman–Crippen MR) is 72.0 cm³/mol. The number of phenolic OH excluding ortho intramolecular Hbond substituents is 1. The summed E-state index contributed by atoms with van der Waals surface area (Å²) in [6, 6.07) is 1.71. The van der Waals surface area contributed by atoms with E-state index in [0.717, 1.165) is 32.4 Å². The van der Waals surface area contributed by atoms with Gasteiger partial charge < -0.3 is 10.8 Å². The quantitative estimate of drug-likeness (QED) is 0.757. The van der Waals surface area contributed by atoms with Gasteiger partial charge in [0.05, 0.1) is 5.69 Å². The lowest BCUT2D eigenvalue weighted by atomic mass is 9.97. The number of nitrogen functional groups attached to an aromatic ring is 1. The van der Waals surface area contributed by atoms with Crippen LogP contribution < -0.4 is 5.73 Å². The maximum absolute atomic E-state index is 10.2. The molecular weight excluding hydrogens is 282 g/mol. The van der Waals surface area contributed by atoms with Gasteiger partial charge in [-0.15, -0.1) is 0 Å². The number of aromatic hydroxyl groups is 1. The molecule has 0 bridgehead atoms. The molecule has 4 N–H and O–H groups in total. The zero-order valence-corrected chi connectivity index (χ0v) is 11.5. The molecule has 4 nitrogen and oxygen atoms in total. The zero-order valence-electron chi connectivity index (χ0n) is 9.93. The minimum Gasteiger partial charge on any atom is -0.507 e. The van der Waals surface area contributed by atoms with Crippen LogP contribution in [0.5, 0.6) is 5.75 Å². The molecule has 0 radical (unpaired) electrons. The van der Waals surface area contributed by atoms with E-state index >= 15 is 0 Å². The van der Waals surface area contributed by atoms with Gasteiger partial charge in [0.15, 0.2) is 0 Å². The van der Waals surface area contributed by atoms with E-state index in [0.29, 0.717) is 5.82 Å². The number of benzene rings is 1. The molecule has 0 atom stereocenters. The molecule has 0 aliphatic rings. The van der Waals surface area contributed by atoms with Crippen LogP contribution in [0.15, 0.2) is 10.5 Å². The summed E-state index contributed by atoms with van der Waals surface area (Å²) in [5, 5.41) is 16.9. The molecule has 0 saturated carbocycles. The van der Waals surface area contributed by atoms with Gasteiger partial charge in [-0.05, 0) is 37.5 Å². The molecule has 2 aromatic rings. The smallest absolute Gasteiger partial charge is 0.145 e. The van der Waals surface area contributed by atoms with Crippen LogP contribution in [-0.2, 0) is 0 Å². The average Bonchev–Trinajstić information content (AvgIpc) is 2.71. The Bertz CT molecular complexity index is 561. The Kier molecular flexibility index (Phi) is 2.87. The van der Waals surface area contributed by atoms with Gasteiger partial charge in [-0.2, -0.15) is 5.10 Å². The van der Waals surface area contributed by atoms with Gasteiger partial charge in [0.2, 0.25) is 0 Å². The monoisotopic (exact) mass is 295 g/mol. The van der Waals surface area contributed by atoms with Crippen molar-refractivity contribution in [2.75, 3.05) is 5.73 Å². The minimum atomic E-state index is 0.270. The average molecular weight is 296 g/mol. The third kappa shape index (κ3) is 1.80. The molecule has 0 aliphatic carbocycles. The molecule has 0 fully saturated rings. The molecule has 90 valence electrons. The molecule has 1 heterocycles. The lowest BCUT2D eigenvalue weighted by molar-refractivity contribution is 0.472. The number of nitrogens with zero attached hydrogens (tertiary/aromatic N) is 1. The first kappa shape index (κ1) is 12.0. The molecule has 0 unspecified atom stereocenters. The lowest BCUT2D eigenvalue weighted by Gasteiger charge is -2.14. The number of nitrogens with two attached hydrogens (primary N) is 1. The number of rotatable bonds is 1. The van der Waals surface area contributed by atoms with Crippen molar-refractivity contribution < 1.29 is 5.11 Å². The Labute approximate surface area is 108 Å².